The van der Waals surface area contributed by atoms with Crippen LogP contribution in [0.2, 0.25) is 0 Å². The lowest BCUT2D eigenvalue weighted by Gasteiger charge is -1.87. The first kappa shape index (κ1) is 7.59. The molecule has 5 nitrogen and oxygen atoms in total. The summed E-state index contributed by atoms with van der Waals surface area (Å²) in [7, 11) is 0. The molecule has 0 aliphatic carbocycles. The molecule has 1 rings (SSSR count). The Morgan fingerprint density at radius 3 is 2.64 bits per heavy atom. The summed E-state index contributed by atoms with van der Waals surface area (Å²) < 4.78 is 0. The zero-order chi connectivity index (χ0) is 8.43. The fraction of sp³-hybridized carbons (Fsp3) is 0.333. The van der Waals surface area contributed by atoms with E-state index in [1.807, 2.05) is 6.92 Å². The number of hydrogen-bond donors (Lipinski definition) is 3. The molecule has 1 heterocycles. The van der Waals surface area contributed by atoms with Crippen LogP contribution in [0.3, 0.4) is 0 Å². The largest absolute Gasteiger partial charge is 0.382 e. The Kier molecular flexibility index (Phi) is 1.80. The number of hydrogen-bond acceptors (Lipinski definition) is 3. The van der Waals surface area contributed by atoms with Crippen LogP contribution in [0.25, 0.3) is 0 Å². The number of primary amides is 1. The van der Waals surface area contributed by atoms with E-state index in [4.69, 9.17) is 11.5 Å². The molecule has 0 fully saturated rings. The summed E-state index contributed by atoms with van der Waals surface area (Å²) >= 11 is 0. The number of anilines is 1. The van der Waals surface area contributed by atoms with Crippen LogP contribution < -0.4 is 11.5 Å². The number of nitrogens with zero attached hydrogens (tertiary/aromatic N) is 1. The predicted octanol–water partition coefficient (Wildman–Crippen LogP) is -0.347. The van der Waals surface area contributed by atoms with Crippen molar-refractivity contribution in [1.29, 1.82) is 0 Å². The van der Waals surface area contributed by atoms with Crippen LogP contribution in [0.1, 0.15) is 23.2 Å². The third kappa shape index (κ3) is 1.31. The molecule has 1 aromatic rings. The van der Waals surface area contributed by atoms with Crippen LogP contribution >= 0.6 is 0 Å². The van der Waals surface area contributed by atoms with Crippen molar-refractivity contribution in [1.82, 2.24) is 9.97 Å². The minimum Gasteiger partial charge on any atom is -0.382 e. The first-order valence-corrected chi connectivity index (χ1v) is 3.29. The second-order valence-corrected chi connectivity index (χ2v) is 2.16. The number of amides is 1. The summed E-state index contributed by atoms with van der Waals surface area (Å²) in [6.07, 6.45) is 0.706. The van der Waals surface area contributed by atoms with Gasteiger partial charge in [0.25, 0.3) is 5.91 Å². The van der Waals surface area contributed by atoms with Gasteiger partial charge >= 0.3 is 0 Å². The highest BCUT2D eigenvalue weighted by molar-refractivity contribution is 5.95. The van der Waals surface area contributed by atoms with Crippen molar-refractivity contribution in [2.24, 2.45) is 5.73 Å². The van der Waals surface area contributed by atoms with Gasteiger partial charge in [0.1, 0.15) is 11.5 Å². The summed E-state index contributed by atoms with van der Waals surface area (Å²) in [5.41, 5.74) is 10.6. The Morgan fingerprint density at radius 2 is 2.36 bits per heavy atom. The molecule has 0 bridgehead atoms. The smallest absolute Gasteiger partial charge is 0.269 e. The van der Waals surface area contributed by atoms with Gasteiger partial charge in [-0.25, -0.2) is 4.98 Å². The Hall–Kier alpha value is -1.52. The van der Waals surface area contributed by atoms with Crippen molar-refractivity contribution in [2.45, 2.75) is 13.3 Å². The molecule has 60 valence electrons. The van der Waals surface area contributed by atoms with E-state index in [1.165, 1.54) is 0 Å². The van der Waals surface area contributed by atoms with Gasteiger partial charge in [-0.15, -0.1) is 0 Å². The number of nitrogen functional groups attached to an aromatic ring is 1. The van der Waals surface area contributed by atoms with Crippen LogP contribution in [-0.4, -0.2) is 15.9 Å². The van der Waals surface area contributed by atoms with Gasteiger partial charge in [-0.3, -0.25) is 4.79 Å². The number of carbonyl (C=O) groups is 1. The van der Waals surface area contributed by atoms with E-state index < -0.39 is 5.91 Å². The monoisotopic (exact) mass is 154 g/mol. The molecular formula is C6H10N4O. The van der Waals surface area contributed by atoms with Gasteiger partial charge in [0.05, 0.1) is 0 Å². The van der Waals surface area contributed by atoms with E-state index in [1.54, 1.807) is 0 Å². The van der Waals surface area contributed by atoms with E-state index in [0.717, 1.165) is 0 Å². The fourth-order valence-corrected chi connectivity index (χ4v) is 0.793. The first-order valence-electron chi connectivity index (χ1n) is 3.29. The minimum absolute atomic E-state index is 0.175. The maximum absolute atomic E-state index is 10.6. The Balaban J connectivity index is 3.07. The molecule has 5 N–H and O–H groups in total. The lowest BCUT2D eigenvalue weighted by molar-refractivity contribution is 0.0997. The van der Waals surface area contributed by atoms with Gasteiger partial charge in [-0.2, -0.15) is 0 Å². The average molecular weight is 154 g/mol. The van der Waals surface area contributed by atoms with Crippen molar-refractivity contribution in [3.05, 3.63) is 11.5 Å². The summed E-state index contributed by atoms with van der Waals surface area (Å²) in [5, 5.41) is 0. The molecule has 0 unspecified atom stereocenters. The molecule has 1 aromatic heterocycles. The Morgan fingerprint density at radius 1 is 1.73 bits per heavy atom. The first-order chi connectivity index (χ1) is 5.15. The maximum Gasteiger partial charge on any atom is 0.269 e. The van der Waals surface area contributed by atoms with Gasteiger partial charge in [0.2, 0.25) is 0 Å². The molecule has 11 heavy (non-hydrogen) atoms. The number of nitrogens with two attached hydrogens (primary N) is 2. The number of aromatic nitrogens is 2. The Bertz CT molecular complexity index is 278. The number of H-pyrrole nitrogens is 1. The zero-order valence-corrected chi connectivity index (χ0v) is 6.22. The van der Waals surface area contributed by atoms with E-state index in [0.29, 0.717) is 12.2 Å². The van der Waals surface area contributed by atoms with Crippen molar-refractivity contribution >= 4 is 11.7 Å². The van der Waals surface area contributed by atoms with Gasteiger partial charge in [-0.05, 0) is 0 Å². The normalized spacial score (nSPS) is 9.91. The molecule has 0 aliphatic heterocycles. The van der Waals surface area contributed by atoms with Crippen molar-refractivity contribution < 1.29 is 4.79 Å². The van der Waals surface area contributed by atoms with Gasteiger partial charge in [-0.1, -0.05) is 6.92 Å². The number of nitrogens with one attached hydrogen (secondary N) is 1. The second-order valence-electron chi connectivity index (χ2n) is 2.16. The topological polar surface area (TPSA) is 97.8 Å². The second kappa shape index (κ2) is 2.61. The molecule has 0 aliphatic rings. The molecular weight excluding hydrogens is 144 g/mol. The van der Waals surface area contributed by atoms with Crippen molar-refractivity contribution in [3.63, 3.8) is 0 Å². The number of imidazole rings is 1. The third-order valence-electron chi connectivity index (χ3n) is 1.36. The van der Waals surface area contributed by atoms with Crippen molar-refractivity contribution in [2.75, 3.05) is 5.73 Å². The maximum atomic E-state index is 10.6. The molecule has 5 heteroatoms. The van der Waals surface area contributed by atoms with Gasteiger partial charge in [0.15, 0.2) is 5.82 Å². The highest BCUT2D eigenvalue weighted by Gasteiger charge is 2.09. The lowest BCUT2D eigenvalue weighted by Crippen LogP contribution is -2.13. The molecule has 0 saturated heterocycles. The fourth-order valence-electron chi connectivity index (χ4n) is 0.793. The van der Waals surface area contributed by atoms with E-state index in [9.17, 15) is 4.79 Å². The molecule has 0 saturated carbocycles. The molecule has 0 atom stereocenters. The lowest BCUT2D eigenvalue weighted by atomic mass is 10.4. The van der Waals surface area contributed by atoms with E-state index in [2.05, 4.69) is 9.97 Å². The van der Waals surface area contributed by atoms with Gasteiger partial charge in [0, 0.05) is 6.42 Å². The number of carbonyl (C=O) groups excluding carboxylic acids is 1. The number of aryl methyl sites for hydroxylation is 1. The molecule has 0 radical (unpaired) electrons. The van der Waals surface area contributed by atoms with Gasteiger partial charge < -0.3 is 16.5 Å². The molecule has 1 amide bonds. The number of rotatable bonds is 2. The van der Waals surface area contributed by atoms with E-state index >= 15 is 0 Å². The molecule has 0 spiro atoms. The van der Waals surface area contributed by atoms with Crippen molar-refractivity contribution in [3.8, 4) is 0 Å². The third-order valence-corrected chi connectivity index (χ3v) is 1.36. The standard InChI is InChI=1S/C6H10N4O/c1-2-3-9-4(6(8)11)5(7)10-3/h2,7H2,1H3,(H2,8,11)(H,9,10). The van der Waals surface area contributed by atoms with Crippen LogP contribution in [0.5, 0.6) is 0 Å². The van der Waals surface area contributed by atoms with Crippen LogP contribution in [0.15, 0.2) is 0 Å². The predicted molar refractivity (Wildman–Crippen MR) is 40.9 cm³/mol. The SMILES string of the molecule is CCc1nc(N)c(C(N)=O)[nH]1. The van der Waals surface area contributed by atoms with Crippen LogP contribution in [0, 0.1) is 0 Å². The average Bonchev–Trinajstić information content (AvgIpc) is 2.30. The highest BCUT2D eigenvalue weighted by atomic mass is 16.1. The summed E-state index contributed by atoms with van der Waals surface area (Å²) in [5.74, 6) is 0.278. The number of aromatic amines is 1. The Labute approximate surface area is 63.8 Å². The van der Waals surface area contributed by atoms with Crippen LogP contribution in [-0.2, 0) is 6.42 Å². The zero-order valence-electron chi connectivity index (χ0n) is 6.22. The summed E-state index contributed by atoms with van der Waals surface area (Å²) in [4.78, 5) is 17.2. The van der Waals surface area contributed by atoms with E-state index in [-0.39, 0.29) is 11.5 Å². The van der Waals surface area contributed by atoms with Crippen LogP contribution in [0.4, 0.5) is 5.82 Å². The minimum atomic E-state index is -0.574. The molecule has 0 aromatic carbocycles. The summed E-state index contributed by atoms with van der Waals surface area (Å²) in [6, 6.07) is 0. The summed E-state index contributed by atoms with van der Waals surface area (Å²) in [6.45, 7) is 1.91. The quantitative estimate of drug-likeness (QED) is 0.543. The highest BCUT2D eigenvalue weighted by Crippen LogP contribution is 2.06.